The molecule has 0 heterocycles. The fourth-order valence-electron chi connectivity index (χ4n) is 1.43. The molecule has 0 spiro atoms. The molecule has 0 saturated carbocycles. The summed E-state index contributed by atoms with van der Waals surface area (Å²) in [5.74, 6) is -1.07. The van der Waals surface area contributed by atoms with E-state index in [0.29, 0.717) is 5.56 Å². The van der Waals surface area contributed by atoms with E-state index in [1.165, 1.54) is 12.1 Å². The van der Waals surface area contributed by atoms with Crippen molar-refractivity contribution in [3.63, 3.8) is 0 Å². The molecule has 0 aliphatic heterocycles. The van der Waals surface area contributed by atoms with Crippen LogP contribution in [0, 0.1) is 5.82 Å². The normalized spacial score (nSPS) is 10.6. The van der Waals surface area contributed by atoms with E-state index in [2.05, 4.69) is 0 Å². The second kappa shape index (κ2) is 4.22. The van der Waals surface area contributed by atoms with Crippen LogP contribution in [0.3, 0.4) is 0 Å². The van der Waals surface area contributed by atoms with Crippen LogP contribution in [0.4, 0.5) is 4.39 Å². The van der Waals surface area contributed by atoms with Crippen molar-refractivity contribution >= 4 is 5.97 Å². The number of benzene rings is 1. The van der Waals surface area contributed by atoms with Crippen molar-refractivity contribution in [2.75, 3.05) is 0 Å². The number of hydrogen-bond donors (Lipinski definition) is 1. The molecule has 0 bridgehead atoms. The summed E-state index contributed by atoms with van der Waals surface area (Å²) in [6, 6.07) is 4.24. The van der Waals surface area contributed by atoms with Crippen molar-refractivity contribution in [1.82, 2.24) is 0 Å². The Labute approximate surface area is 82.4 Å². The van der Waals surface area contributed by atoms with Gasteiger partial charge < -0.3 is 5.11 Å². The van der Waals surface area contributed by atoms with Crippen LogP contribution in [0.1, 0.15) is 30.9 Å². The van der Waals surface area contributed by atoms with Crippen molar-refractivity contribution in [3.8, 4) is 0 Å². The molecule has 1 rings (SSSR count). The second-order valence-corrected chi connectivity index (χ2v) is 3.57. The number of hydrogen-bond acceptors (Lipinski definition) is 1. The number of aliphatic carboxylic acids is 1. The van der Waals surface area contributed by atoms with Crippen molar-refractivity contribution in [2.24, 2.45) is 0 Å². The smallest absolute Gasteiger partial charge is 0.307 e. The van der Waals surface area contributed by atoms with E-state index in [0.717, 1.165) is 5.56 Å². The quantitative estimate of drug-likeness (QED) is 0.806. The maximum Gasteiger partial charge on any atom is 0.307 e. The average Bonchev–Trinajstić information content (AvgIpc) is 2.07. The maximum atomic E-state index is 12.9. The summed E-state index contributed by atoms with van der Waals surface area (Å²) >= 11 is 0. The van der Waals surface area contributed by atoms with E-state index in [4.69, 9.17) is 5.11 Å². The van der Waals surface area contributed by atoms with E-state index in [9.17, 15) is 9.18 Å². The third-order valence-electron chi connectivity index (χ3n) is 2.07. The summed E-state index contributed by atoms with van der Waals surface area (Å²) in [7, 11) is 0. The van der Waals surface area contributed by atoms with E-state index in [1.54, 1.807) is 6.07 Å². The topological polar surface area (TPSA) is 37.3 Å². The molecular weight excluding hydrogens is 183 g/mol. The first-order valence-electron chi connectivity index (χ1n) is 4.51. The predicted molar refractivity (Wildman–Crippen MR) is 51.8 cm³/mol. The molecule has 76 valence electrons. The molecule has 0 aliphatic rings. The van der Waals surface area contributed by atoms with E-state index in [-0.39, 0.29) is 18.2 Å². The number of carboxylic acid groups (broad SMARTS) is 1. The molecule has 0 radical (unpaired) electrons. The molecule has 1 aromatic rings. The average molecular weight is 196 g/mol. The predicted octanol–water partition coefficient (Wildman–Crippen LogP) is 2.58. The highest BCUT2D eigenvalue weighted by atomic mass is 19.1. The molecule has 0 saturated heterocycles. The van der Waals surface area contributed by atoms with Crippen LogP contribution in [-0.4, -0.2) is 11.1 Å². The van der Waals surface area contributed by atoms with Crippen LogP contribution in [0.5, 0.6) is 0 Å². The molecule has 14 heavy (non-hydrogen) atoms. The van der Waals surface area contributed by atoms with Crippen molar-refractivity contribution < 1.29 is 14.3 Å². The molecule has 0 amide bonds. The van der Waals surface area contributed by atoms with Gasteiger partial charge >= 0.3 is 5.97 Å². The van der Waals surface area contributed by atoms with Gasteiger partial charge in [-0.3, -0.25) is 4.79 Å². The zero-order chi connectivity index (χ0) is 10.7. The summed E-state index contributed by atoms with van der Waals surface area (Å²) in [6.45, 7) is 3.83. The van der Waals surface area contributed by atoms with E-state index < -0.39 is 5.97 Å². The van der Waals surface area contributed by atoms with Crippen LogP contribution < -0.4 is 0 Å². The summed E-state index contributed by atoms with van der Waals surface area (Å²) in [6.07, 6.45) is -0.0478. The van der Waals surface area contributed by atoms with Gasteiger partial charge in [-0.2, -0.15) is 0 Å². The Morgan fingerprint density at radius 2 is 2.14 bits per heavy atom. The lowest BCUT2D eigenvalue weighted by Gasteiger charge is -2.10. The molecule has 0 aliphatic carbocycles. The largest absolute Gasteiger partial charge is 0.481 e. The van der Waals surface area contributed by atoms with Crippen LogP contribution in [-0.2, 0) is 11.2 Å². The Bertz CT molecular complexity index is 345. The lowest BCUT2D eigenvalue weighted by atomic mass is 9.95. The highest BCUT2D eigenvalue weighted by molar-refractivity contribution is 5.70. The minimum Gasteiger partial charge on any atom is -0.481 e. The summed E-state index contributed by atoms with van der Waals surface area (Å²) < 4.78 is 12.9. The maximum absolute atomic E-state index is 12.9. The number of carboxylic acids is 1. The van der Waals surface area contributed by atoms with Gasteiger partial charge in [0.1, 0.15) is 5.82 Å². The molecular formula is C11H13FO2. The lowest BCUT2D eigenvalue weighted by Crippen LogP contribution is -2.05. The molecule has 0 unspecified atom stereocenters. The van der Waals surface area contributed by atoms with Gasteiger partial charge in [0.15, 0.2) is 0 Å². The molecule has 0 fully saturated rings. The zero-order valence-electron chi connectivity index (χ0n) is 8.25. The Balaban J connectivity index is 3.08. The van der Waals surface area contributed by atoms with Gasteiger partial charge in [0.25, 0.3) is 0 Å². The van der Waals surface area contributed by atoms with Crippen molar-refractivity contribution in [1.29, 1.82) is 0 Å². The van der Waals surface area contributed by atoms with Crippen molar-refractivity contribution in [2.45, 2.75) is 26.2 Å². The standard InChI is InChI=1S/C11H13FO2/c1-7(2)10-6-9(12)4-3-8(10)5-11(13)14/h3-4,6-7H,5H2,1-2H3,(H,13,14). The van der Waals surface area contributed by atoms with Crippen LogP contribution >= 0.6 is 0 Å². The molecule has 1 aromatic carbocycles. The number of rotatable bonds is 3. The number of carbonyl (C=O) groups is 1. The van der Waals surface area contributed by atoms with Gasteiger partial charge in [-0.25, -0.2) is 4.39 Å². The number of halogens is 1. The Hall–Kier alpha value is -1.38. The van der Waals surface area contributed by atoms with Gasteiger partial charge in [-0.05, 0) is 29.2 Å². The SMILES string of the molecule is CC(C)c1cc(F)ccc1CC(=O)O. The summed E-state index contributed by atoms with van der Waals surface area (Å²) in [5.41, 5.74) is 1.46. The molecule has 0 aromatic heterocycles. The Kier molecular flexibility index (Phi) is 3.23. The lowest BCUT2D eigenvalue weighted by molar-refractivity contribution is -0.136. The first-order valence-corrected chi connectivity index (χ1v) is 4.51. The van der Waals surface area contributed by atoms with Crippen molar-refractivity contribution in [3.05, 3.63) is 35.1 Å². The monoisotopic (exact) mass is 196 g/mol. The van der Waals surface area contributed by atoms with Gasteiger partial charge in [-0.15, -0.1) is 0 Å². The first kappa shape index (κ1) is 10.7. The van der Waals surface area contributed by atoms with Gasteiger partial charge in [0, 0.05) is 0 Å². The van der Waals surface area contributed by atoms with E-state index >= 15 is 0 Å². The van der Waals surface area contributed by atoms with Gasteiger partial charge in [0.05, 0.1) is 6.42 Å². The minimum absolute atomic E-state index is 0.0478. The first-order chi connectivity index (χ1) is 6.50. The molecule has 3 heteroatoms. The Morgan fingerprint density at radius 1 is 1.50 bits per heavy atom. The van der Waals surface area contributed by atoms with Gasteiger partial charge in [-0.1, -0.05) is 19.9 Å². The summed E-state index contributed by atoms with van der Waals surface area (Å²) in [5, 5.41) is 8.65. The van der Waals surface area contributed by atoms with Crippen LogP contribution in [0.2, 0.25) is 0 Å². The zero-order valence-corrected chi connectivity index (χ0v) is 8.25. The van der Waals surface area contributed by atoms with Gasteiger partial charge in [0.2, 0.25) is 0 Å². The Morgan fingerprint density at radius 3 is 2.64 bits per heavy atom. The molecule has 2 nitrogen and oxygen atoms in total. The van der Waals surface area contributed by atoms with Crippen LogP contribution in [0.25, 0.3) is 0 Å². The highest BCUT2D eigenvalue weighted by Crippen LogP contribution is 2.21. The molecule has 0 atom stereocenters. The fraction of sp³-hybridized carbons (Fsp3) is 0.364. The third-order valence-corrected chi connectivity index (χ3v) is 2.07. The van der Waals surface area contributed by atoms with Crippen LogP contribution in [0.15, 0.2) is 18.2 Å². The third kappa shape index (κ3) is 2.55. The summed E-state index contributed by atoms with van der Waals surface area (Å²) in [4.78, 5) is 10.5. The van der Waals surface area contributed by atoms with E-state index in [1.807, 2.05) is 13.8 Å². The second-order valence-electron chi connectivity index (χ2n) is 3.57. The highest BCUT2D eigenvalue weighted by Gasteiger charge is 2.10. The molecule has 1 N–H and O–H groups in total. The minimum atomic E-state index is -0.890. The fourth-order valence-corrected chi connectivity index (χ4v) is 1.43.